The van der Waals surface area contributed by atoms with Gasteiger partial charge in [0.2, 0.25) is 5.91 Å². The maximum Gasteiger partial charge on any atom is 0.471 e. The van der Waals surface area contributed by atoms with Crippen molar-refractivity contribution in [1.29, 1.82) is 0 Å². The topological polar surface area (TPSA) is 89.9 Å². The molecule has 1 aromatic carbocycles. The van der Waals surface area contributed by atoms with Crippen LogP contribution < -0.4 is 5.32 Å². The van der Waals surface area contributed by atoms with Crippen molar-refractivity contribution in [2.75, 3.05) is 25.0 Å². The first-order valence-electron chi connectivity index (χ1n) is 7.26. The van der Waals surface area contributed by atoms with Crippen molar-refractivity contribution in [1.82, 2.24) is 4.90 Å². The second-order valence-electron chi connectivity index (χ2n) is 6.07. The zero-order chi connectivity index (χ0) is 17.8. The first-order valence-corrected chi connectivity index (χ1v) is 7.26. The van der Waals surface area contributed by atoms with Gasteiger partial charge in [-0.25, -0.2) is 0 Å². The standard InChI is InChI=1S/C15H15F3N2O4/c16-15(17,18)12(23)20-6-5-14(24)9-3-1-2-4-10(9)19-11(22)13(14,7-20)8-21/h1-4,21,24H,5-8H2,(H,19,22)/t13-,14+/m1/s1. The molecular formula is C15H15F3N2O4. The summed E-state index contributed by atoms with van der Waals surface area (Å²) in [6.45, 7) is -2.00. The van der Waals surface area contributed by atoms with Crippen LogP contribution in [0.4, 0.5) is 18.9 Å². The smallest absolute Gasteiger partial charge is 0.395 e. The lowest BCUT2D eigenvalue weighted by Crippen LogP contribution is -2.68. The van der Waals surface area contributed by atoms with Gasteiger partial charge < -0.3 is 20.4 Å². The normalized spacial score (nSPS) is 29.5. The van der Waals surface area contributed by atoms with Crippen molar-refractivity contribution < 1.29 is 33.0 Å². The Morgan fingerprint density at radius 1 is 1.33 bits per heavy atom. The van der Waals surface area contributed by atoms with Gasteiger partial charge in [0.25, 0.3) is 0 Å². The number of hydrogen-bond donors (Lipinski definition) is 3. The van der Waals surface area contributed by atoms with Gasteiger partial charge in [-0.3, -0.25) is 9.59 Å². The zero-order valence-corrected chi connectivity index (χ0v) is 12.4. The number of aliphatic hydroxyl groups is 2. The number of nitrogens with one attached hydrogen (secondary N) is 1. The fourth-order valence-corrected chi connectivity index (χ4v) is 3.52. The van der Waals surface area contributed by atoms with E-state index in [1.165, 1.54) is 0 Å². The Balaban J connectivity index is 2.07. The number of hydrogen-bond acceptors (Lipinski definition) is 4. The second kappa shape index (κ2) is 5.18. The highest BCUT2D eigenvalue weighted by Gasteiger charge is 2.63. The summed E-state index contributed by atoms with van der Waals surface area (Å²) in [6, 6.07) is 6.35. The minimum Gasteiger partial charge on any atom is -0.395 e. The van der Waals surface area contributed by atoms with Gasteiger partial charge >= 0.3 is 12.1 Å². The van der Waals surface area contributed by atoms with Gasteiger partial charge in [0.1, 0.15) is 11.0 Å². The minimum absolute atomic E-state index is 0.292. The summed E-state index contributed by atoms with van der Waals surface area (Å²) in [6.07, 6.45) is -5.38. The van der Waals surface area contributed by atoms with Crippen LogP contribution >= 0.6 is 0 Å². The molecule has 0 saturated carbocycles. The maximum absolute atomic E-state index is 12.7. The molecule has 1 fully saturated rings. The first kappa shape index (κ1) is 16.7. The molecule has 3 N–H and O–H groups in total. The van der Waals surface area contributed by atoms with Crippen molar-refractivity contribution in [3.63, 3.8) is 0 Å². The third-order valence-electron chi connectivity index (χ3n) is 4.85. The van der Waals surface area contributed by atoms with Crippen LogP contribution in [0.5, 0.6) is 0 Å². The second-order valence-corrected chi connectivity index (χ2v) is 6.07. The zero-order valence-electron chi connectivity index (χ0n) is 12.4. The van der Waals surface area contributed by atoms with E-state index in [9.17, 15) is 33.0 Å². The Morgan fingerprint density at radius 3 is 2.62 bits per heavy atom. The Labute approximate surface area is 134 Å². The van der Waals surface area contributed by atoms with Gasteiger partial charge in [-0.1, -0.05) is 18.2 Å². The molecule has 2 heterocycles. The van der Waals surface area contributed by atoms with E-state index in [2.05, 4.69) is 5.32 Å². The van der Waals surface area contributed by atoms with Gasteiger partial charge in [-0.15, -0.1) is 0 Å². The number of halogens is 3. The predicted molar refractivity (Wildman–Crippen MR) is 75.7 cm³/mol. The Kier molecular flexibility index (Phi) is 3.61. The third-order valence-corrected chi connectivity index (χ3v) is 4.85. The molecular weight excluding hydrogens is 329 g/mol. The summed E-state index contributed by atoms with van der Waals surface area (Å²) in [5.41, 5.74) is -3.16. The van der Waals surface area contributed by atoms with Crippen LogP contribution in [-0.2, 0) is 15.2 Å². The van der Waals surface area contributed by atoms with Gasteiger partial charge in [0, 0.05) is 24.3 Å². The first-order chi connectivity index (χ1) is 11.2. The number of carbonyl (C=O) groups excluding carboxylic acids is 2. The van der Waals surface area contributed by atoms with Gasteiger partial charge in [0.15, 0.2) is 0 Å². The molecule has 3 rings (SSSR count). The highest BCUT2D eigenvalue weighted by atomic mass is 19.4. The molecule has 130 valence electrons. The molecule has 6 nitrogen and oxygen atoms in total. The summed E-state index contributed by atoms with van der Waals surface area (Å²) < 4.78 is 38.1. The molecule has 2 amide bonds. The molecule has 0 spiro atoms. The van der Waals surface area contributed by atoms with E-state index in [0.29, 0.717) is 16.2 Å². The van der Waals surface area contributed by atoms with E-state index >= 15 is 0 Å². The fraction of sp³-hybridized carbons (Fsp3) is 0.467. The average molecular weight is 344 g/mol. The molecule has 0 aliphatic carbocycles. The summed E-state index contributed by atoms with van der Waals surface area (Å²) in [7, 11) is 0. The Hall–Kier alpha value is -2.13. The summed E-state index contributed by atoms with van der Waals surface area (Å²) in [4.78, 5) is 24.5. The largest absolute Gasteiger partial charge is 0.471 e. The number of carbonyl (C=O) groups is 2. The molecule has 9 heteroatoms. The molecule has 24 heavy (non-hydrogen) atoms. The third kappa shape index (κ3) is 2.11. The van der Waals surface area contributed by atoms with Crippen LogP contribution in [0.15, 0.2) is 24.3 Å². The monoisotopic (exact) mass is 344 g/mol. The lowest BCUT2D eigenvalue weighted by atomic mass is 9.61. The summed E-state index contributed by atoms with van der Waals surface area (Å²) >= 11 is 0. The number of benzene rings is 1. The number of amides is 2. The molecule has 2 atom stereocenters. The van der Waals surface area contributed by atoms with Crippen LogP contribution in [-0.4, -0.2) is 52.8 Å². The number of likely N-dealkylation sites (tertiary alicyclic amines) is 1. The highest BCUT2D eigenvalue weighted by Crippen LogP contribution is 2.52. The van der Waals surface area contributed by atoms with Crippen molar-refractivity contribution in [3.8, 4) is 0 Å². The Bertz CT molecular complexity index is 708. The van der Waals surface area contributed by atoms with Crippen molar-refractivity contribution in [2.24, 2.45) is 5.41 Å². The number of piperidine rings is 1. The SMILES string of the molecule is O=C(N1CC[C@]2(O)c3ccccc3NC(=O)[C@]2(CO)C1)C(F)(F)F. The fourth-order valence-electron chi connectivity index (χ4n) is 3.52. The maximum atomic E-state index is 12.7. The number of alkyl halides is 3. The number of anilines is 1. The van der Waals surface area contributed by atoms with Crippen LogP contribution in [0.25, 0.3) is 0 Å². The lowest BCUT2D eigenvalue weighted by molar-refractivity contribution is -0.204. The highest BCUT2D eigenvalue weighted by molar-refractivity contribution is 6.01. The lowest BCUT2D eigenvalue weighted by Gasteiger charge is -2.54. The minimum atomic E-state index is -5.09. The van der Waals surface area contributed by atoms with Crippen LogP contribution in [0.3, 0.4) is 0 Å². The summed E-state index contributed by atoms with van der Waals surface area (Å²) in [5.74, 6) is -2.91. The quantitative estimate of drug-likeness (QED) is 0.696. The van der Waals surface area contributed by atoms with Gasteiger partial charge in [-0.05, 0) is 12.5 Å². The predicted octanol–water partition coefficient (Wildman–Crippen LogP) is 0.600. The van der Waals surface area contributed by atoms with Crippen LogP contribution in [0.1, 0.15) is 12.0 Å². The summed E-state index contributed by atoms with van der Waals surface area (Å²) in [5, 5.41) is 23.4. The van der Waals surface area contributed by atoms with Crippen molar-refractivity contribution >= 4 is 17.5 Å². The van der Waals surface area contributed by atoms with Gasteiger partial charge in [-0.2, -0.15) is 13.2 Å². The van der Waals surface area contributed by atoms with E-state index < -0.39 is 42.2 Å². The van der Waals surface area contributed by atoms with Crippen LogP contribution in [0, 0.1) is 5.41 Å². The van der Waals surface area contributed by atoms with Crippen molar-refractivity contribution in [3.05, 3.63) is 29.8 Å². The molecule has 1 aromatic rings. The number of rotatable bonds is 1. The van der Waals surface area contributed by atoms with E-state index in [1.807, 2.05) is 0 Å². The van der Waals surface area contributed by atoms with Crippen LogP contribution in [0.2, 0.25) is 0 Å². The molecule has 0 aromatic heterocycles. The number of aliphatic hydroxyl groups excluding tert-OH is 1. The number of nitrogens with zero attached hydrogens (tertiary/aromatic N) is 1. The number of fused-ring (bicyclic) bond motifs is 3. The van der Waals surface area contributed by atoms with E-state index in [4.69, 9.17) is 0 Å². The van der Waals surface area contributed by atoms with E-state index in [0.717, 1.165) is 0 Å². The molecule has 2 aliphatic rings. The number of para-hydroxylation sites is 1. The Morgan fingerprint density at radius 2 is 2.00 bits per heavy atom. The molecule has 0 radical (unpaired) electrons. The van der Waals surface area contributed by atoms with E-state index in [1.54, 1.807) is 24.3 Å². The molecule has 0 unspecified atom stereocenters. The molecule has 1 saturated heterocycles. The van der Waals surface area contributed by atoms with Crippen molar-refractivity contribution in [2.45, 2.75) is 18.2 Å². The average Bonchev–Trinajstić information content (AvgIpc) is 2.53. The molecule has 2 aliphatic heterocycles. The molecule has 0 bridgehead atoms. The van der Waals surface area contributed by atoms with E-state index in [-0.39, 0.29) is 13.0 Å². The van der Waals surface area contributed by atoms with Gasteiger partial charge in [0.05, 0.1) is 6.61 Å².